The van der Waals surface area contributed by atoms with Gasteiger partial charge in [0.1, 0.15) is 0 Å². The minimum atomic E-state index is 0.862. The first-order valence-corrected chi connectivity index (χ1v) is 12.7. The van der Waals surface area contributed by atoms with E-state index in [0.717, 1.165) is 70.6 Å². The van der Waals surface area contributed by atoms with Crippen molar-refractivity contribution in [1.82, 2.24) is 0 Å². The van der Waals surface area contributed by atoms with E-state index in [1.807, 2.05) is 0 Å². The lowest BCUT2D eigenvalue weighted by Crippen LogP contribution is -2.09. The van der Waals surface area contributed by atoms with Crippen LogP contribution in [0.15, 0.2) is 79.9 Å². The van der Waals surface area contributed by atoms with E-state index in [0.29, 0.717) is 0 Å². The lowest BCUT2D eigenvalue weighted by molar-refractivity contribution is 0.906. The van der Waals surface area contributed by atoms with Crippen molar-refractivity contribution in [3.05, 3.63) is 92.2 Å². The molecule has 8 bridgehead atoms. The third-order valence-corrected chi connectivity index (χ3v) is 7.97. The fraction of sp³-hybridized carbons (Fsp3) is 0.125. The van der Waals surface area contributed by atoms with E-state index >= 15 is 0 Å². The van der Waals surface area contributed by atoms with Crippen LogP contribution in [0.5, 0.6) is 0 Å². The lowest BCUT2D eigenvalue weighted by Gasteiger charge is -2.03. The Morgan fingerprint density at radius 1 is 0.444 bits per heavy atom. The molecule has 0 fully saturated rings. The van der Waals surface area contributed by atoms with E-state index in [-0.39, 0.29) is 0 Å². The van der Waals surface area contributed by atoms with Gasteiger partial charge in [0.15, 0.2) is 0 Å². The van der Waals surface area contributed by atoms with Crippen LogP contribution in [0.4, 0.5) is 11.4 Å². The minimum absolute atomic E-state index is 0.862. The summed E-state index contributed by atoms with van der Waals surface area (Å²) in [7, 11) is 0. The average Bonchev–Trinajstić information content (AvgIpc) is 3.67. The molecule has 0 spiro atoms. The predicted octanol–water partition coefficient (Wildman–Crippen LogP) is 4.95. The molecule has 168 valence electrons. The molecule has 0 radical (unpaired) electrons. The van der Waals surface area contributed by atoms with Crippen molar-refractivity contribution in [2.75, 3.05) is 0 Å². The summed E-state index contributed by atoms with van der Waals surface area (Å²) in [5.74, 6) is 0. The average molecular weight is 461 g/mol. The maximum absolute atomic E-state index is 5.12. The fourth-order valence-electron chi connectivity index (χ4n) is 6.22. The molecule has 4 heteroatoms. The van der Waals surface area contributed by atoms with E-state index in [9.17, 15) is 0 Å². The smallest absolute Gasteiger partial charge is 0.0806 e. The summed E-state index contributed by atoms with van der Waals surface area (Å²) in [6.07, 6.45) is 12.4. The Bertz CT molecular complexity index is 1980. The quantitative estimate of drug-likeness (QED) is 0.357. The standard InChI is InChI=1S/C32H20N4/c1-5-19-13-23-9-10-25-15-21-7-3-18-4-8-22-16-26(36-32(22)28(18)31(21)35-25)12-11-24-14-20-6-2-17(1)27(29(19)33-23)30(20)34-24/h1-8,13-16H,9-12H2. The SMILES string of the molecule is C1=C2CCC3=Cc4ccc5ccc6c(c5c4=N3)N=C(C=6)CCC3=Nc4c(ccc5ccc1c(c45)=N2)=C3. The van der Waals surface area contributed by atoms with E-state index < -0.39 is 0 Å². The van der Waals surface area contributed by atoms with E-state index in [4.69, 9.17) is 20.0 Å². The molecule has 5 aliphatic rings. The Morgan fingerprint density at radius 2 is 0.917 bits per heavy atom. The van der Waals surface area contributed by atoms with E-state index in [1.165, 1.54) is 43.1 Å². The third-order valence-electron chi connectivity index (χ3n) is 7.97. The molecule has 0 amide bonds. The second kappa shape index (κ2) is 6.61. The van der Waals surface area contributed by atoms with Gasteiger partial charge in [0.05, 0.1) is 22.1 Å². The van der Waals surface area contributed by atoms with Gasteiger partial charge >= 0.3 is 0 Å². The second-order valence-corrected chi connectivity index (χ2v) is 10.2. The first kappa shape index (κ1) is 18.8. The minimum Gasteiger partial charge on any atom is -0.252 e. The molecule has 9 rings (SSSR count). The van der Waals surface area contributed by atoms with Crippen LogP contribution in [0, 0.1) is 0 Å². The van der Waals surface area contributed by atoms with Crippen LogP contribution in [0.2, 0.25) is 0 Å². The predicted molar refractivity (Wildman–Crippen MR) is 147 cm³/mol. The first-order chi connectivity index (χ1) is 17.8. The molecule has 5 aliphatic heterocycles. The van der Waals surface area contributed by atoms with Gasteiger partial charge in [-0.3, -0.25) is 20.0 Å². The Kier molecular flexibility index (Phi) is 3.46. The molecule has 4 nitrogen and oxygen atoms in total. The second-order valence-electron chi connectivity index (χ2n) is 10.2. The molecule has 36 heavy (non-hydrogen) atoms. The maximum Gasteiger partial charge on any atom is 0.0806 e. The number of hydrogen-bond acceptors (Lipinski definition) is 4. The number of aliphatic imine (C=N–C) groups is 2. The van der Waals surface area contributed by atoms with Crippen molar-refractivity contribution in [1.29, 1.82) is 0 Å². The zero-order chi connectivity index (χ0) is 23.4. The molecule has 4 aromatic rings. The third kappa shape index (κ3) is 2.53. The summed E-state index contributed by atoms with van der Waals surface area (Å²) in [5, 5.41) is 9.25. The number of benzene rings is 4. The molecular weight excluding hydrogens is 440 g/mol. The Balaban J connectivity index is 1.27. The molecule has 0 saturated heterocycles. The van der Waals surface area contributed by atoms with Crippen LogP contribution in [-0.4, -0.2) is 11.4 Å². The Hall–Kier alpha value is -4.44. The molecule has 0 N–H and O–H groups in total. The van der Waals surface area contributed by atoms with E-state index in [1.54, 1.807) is 0 Å². The molecular formula is C32H20N4. The monoisotopic (exact) mass is 460 g/mol. The first-order valence-electron chi connectivity index (χ1n) is 12.7. The highest BCUT2D eigenvalue weighted by atomic mass is 14.8. The summed E-state index contributed by atoms with van der Waals surface area (Å²) in [4.78, 5) is 20.5. The molecule has 0 aromatic heterocycles. The zero-order valence-corrected chi connectivity index (χ0v) is 19.5. The van der Waals surface area contributed by atoms with Crippen LogP contribution in [0.3, 0.4) is 0 Å². The lowest BCUT2D eigenvalue weighted by atomic mass is 10.0. The largest absolute Gasteiger partial charge is 0.252 e. The Labute approximate surface area is 206 Å². The van der Waals surface area contributed by atoms with Gasteiger partial charge in [-0.1, -0.05) is 48.5 Å². The number of nitrogens with zero attached hydrogens (tertiary/aromatic N) is 4. The normalized spacial score (nSPS) is 18.0. The molecule has 0 atom stereocenters. The van der Waals surface area contributed by atoms with Gasteiger partial charge in [0.2, 0.25) is 0 Å². The molecule has 4 aromatic carbocycles. The zero-order valence-electron chi connectivity index (χ0n) is 19.5. The van der Waals surface area contributed by atoms with Crippen molar-refractivity contribution in [3.8, 4) is 0 Å². The molecule has 0 saturated carbocycles. The van der Waals surface area contributed by atoms with Crippen LogP contribution in [0.1, 0.15) is 36.8 Å². The van der Waals surface area contributed by atoms with Crippen molar-refractivity contribution in [2.24, 2.45) is 20.0 Å². The fourth-order valence-corrected chi connectivity index (χ4v) is 6.22. The molecule has 5 heterocycles. The van der Waals surface area contributed by atoms with Crippen LogP contribution < -0.4 is 21.2 Å². The maximum atomic E-state index is 5.12. The van der Waals surface area contributed by atoms with Crippen molar-refractivity contribution < 1.29 is 0 Å². The van der Waals surface area contributed by atoms with Crippen molar-refractivity contribution in [3.63, 3.8) is 0 Å². The topological polar surface area (TPSA) is 49.4 Å². The summed E-state index contributed by atoms with van der Waals surface area (Å²) < 4.78 is 0. The Morgan fingerprint density at radius 3 is 1.42 bits per heavy atom. The van der Waals surface area contributed by atoms with Gasteiger partial charge in [-0.2, -0.15) is 0 Å². The van der Waals surface area contributed by atoms with Gasteiger partial charge < -0.3 is 0 Å². The highest BCUT2D eigenvalue weighted by molar-refractivity contribution is 6.21. The molecule has 0 unspecified atom stereocenters. The van der Waals surface area contributed by atoms with Gasteiger partial charge in [0, 0.05) is 55.2 Å². The van der Waals surface area contributed by atoms with Crippen molar-refractivity contribution >= 4 is 68.6 Å². The summed E-state index contributed by atoms with van der Waals surface area (Å²) in [5.41, 5.74) is 8.97. The highest BCUT2D eigenvalue weighted by Gasteiger charge is 2.20. The molecule has 0 aliphatic carbocycles. The van der Waals surface area contributed by atoms with E-state index in [2.05, 4.69) is 72.8 Å². The summed E-state index contributed by atoms with van der Waals surface area (Å²) >= 11 is 0. The summed E-state index contributed by atoms with van der Waals surface area (Å²) in [6.45, 7) is 0. The number of fused-ring (bicyclic) bond motifs is 2. The number of rotatable bonds is 0. The van der Waals surface area contributed by atoms with Crippen LogP contribution in [0.25, 0.3) is 45.8 Å². The van der Waals surface area contributed by atoms with Crippen molar-refractivity contribution in [2.45, 2.75) is 25.7 Å². The van der Waals surface area contributed by atoms with Crippen LogP contribution >= 0.6 is 0 Å². The highest BCUT2D eigenvalue weighted by Crippen LogP contribution is 2.31. The number of hydrogen-bond donors (Lipinski definition) is 0. The van der Waals surface area contributed by atoms with Crippen LogP contribution in [-0.2, 0) is 0 Å². The van der Waals surface area contributed by atoms with Gasteiger partial charge in [-0.15, -0.1) is 0 Å². The number of allylic oxidation sites excluding steroid dienone is 2. The van der Waals surface area contributed by atoms with Gasteiger partial charge in [0.25, 0.3) is 0 Å². The van der Waals surface area contributed by atoms with Gasteiger partial charge in [-0.25, -0.2) is 0 Å². The van der Waals surface area contributed by atoms with Gasteiger partial charge in [-0.05, 0) is 60.8 Å². The summed E-state index contributed by atoms with van der Waals surface area (Å²) in [6, 6.07) is 17.6.